The molecule has 2 aromatic rings. The number of aromatic nitrogens is 3. The average Bonchev–Trinajstić information content (AvgIpc) is 2.90. The van der Waals surface area contributed by atoms with Gasteiger partial charge in [0, 0.05) is 17.7 Å². The maximum atomic E-state index is 12.7. The average molecular weight is 331 g/mol. The first kappa shape index (κ1) is 16.3. The lowest BCUT2D eigenvalue weighted by Gasteiger charge is -2.14. The molecule has 126 valence electrons. The molecule has 0 bridgehead atoms. The first-order valence-electron chi connectivity index (χ1n) is 7.78. The van der Waals surface area contributed by atoms with Crippen molar-refractivity contribution in [3.63, 3.8) is 0 Å². The van der Waals surface area contributed by atoms with E-state index in [1.807, 2.05) is 11.9 Å². The number of rotatable bonds is 6. The molecular formula is C16H19N4O4+. The monoisotopic (exact) mass is 331 g/mol. The second-order valence-electron chi connectivity index (χ2n) is 5.82. The highest BCUT2D eigenvalue weighted by Crippen LogP contribution is 2.25. The number of benzene rings is 1. The Morgan fingerprint density at radius 1 is 1.17 bits per heavy atom. The highest BCUT2D eigenvalue weighted by molar-refractivity contribution is 6.26. The molecule has 0 amide bonds. The zero-order valence-electron chi connectivity index (χ0n) is 13.4. The molecule has 1 aliphatic rings. The van der Waals surface area contributed by atoms with Crippen molar-refractivity contribution in [3.8, 4) is 0 Å². The van der Waals surface area contributed by atoms with E-state index in [2.05, 4.69) is 5.10 Å². The first-order chi connectivity index (χ1) is 11.5. The van der Waals surface area contributed by atoms with Gasteiger partial charge in [-0.05, 0) is 20.0 Å². The largest absolute Gasteiger partial charge is 0.395 e. The zero-order valence-corrected chi connectivity index (χ0v) is 13.4. The molecule has 8 nitrogen and oxygen atoms in total. The van der Waals surface area contributed by atoms with Crippen molar-refractivity contribution >= 4 is 11.6 Å². The van der Waals surface area contributed by atoms with E-state index < -0.39 is 0 Å². The van der Waals surface area contributed by atoms with Crippen LogP contribution in [0.5, 0.6) is 0 Å². The van der Waals surface area contributed by atoms with Gasteiger partial charge in [-0.3, -0.25) is 9.59 Å². The van der Waals surface area contributed by atoms with Gasteiger partial charge in [0.25, 0.3) is 4.66 Å². The minimum absolute atomic E-state index is 0.0393. The fraction of sp³-hybridized carbons (Fsp3) is 0.375. The van der Waals surface area contributed by atoms with E-state index in [4.69, 9.17) is 5.11 Å². The topological polar surface area (TPSA) is 101 Å². The second-order valence-corrected chi connectivity index (χ2v) is 5.82. The van der Waals surface area contributed by atoms with Gasteiger partial charge in [0.05, 0.1) is 18.1 Å². The van der Waals surface area contributed by atoms with Crippen molar-refractivity contribution in [3.05, 3.63) is 51.7 Å². The Balaban J connectivity index is 1.89. The predicted octanol–water partition coefficient (Wildman–Crippen LogP) is -0.180. The quantitative estimate of drug-likeness (QED) is 0.610. The number of carbonyl (C=O) groups excluding carboxylic acids is 2. The summed E-state index contributed by atoms with van der Waals surface area (Å²) in [5.41, 5.74) is 0.781. The van der Waals surface area contributed by atoms with E-state index in [0.717, 1.165) is 0 Å². The van der Waals surface area contributed by atoms with Crippen LogP contribution in [0.25, 0.3) is 0 Å². The molecule has 24 heavy (non-hydrogen) atoms. The SMILES string of the molecule is CN(CCO)CCCn1c2c([nH][n+]1=O)C(=O)c1ccccc1C2=O. The van der Waals surface area contributed by atoms with Crippen LogP contribution >= 0.6 is 0 Å². The molecule has 2 N–H and O–H groups in total. The number of ketones is 2. The molecule has 0 atom stereocenters. The van der Waals surface area contributed by atoms with Gasteiger partial charge >= 0.3 is 0 Å². The zero-order chi connectivity index (χ0) is 17.3. The standard InChI is InChI=1S/C16H18N4O4/c1-18(9-10-21)7-4-8-19-14-13(17-20(19)24)15(22)11-5-2-3-6-12(11)16(14)23/h2-3,5-6,21H,4,7-10H2,1H3/p+1. The van der Waals surface area contributed by atoms with E-state index in [-0.39, 0.29) is 29.6 Å². The van der Waals surface area contributed by atoms with Gasteiger partial charge in [-0.2, -0.15) is 0 Å². The summed E-state index contributed by atoms with van der Waals surface area (Å²) in [6.45, 7) is 1.56. The Labute approximate surface area is 137 Å². The Hall–Kier alpha value is -2.58. The van der Waals surface area contributed by atoms with E-state index in [1.54, 1.807) is 24.3 Å². The van der Waals surface area contributed by atoms with Gasteiger partial charge in [0.15, 0.2) is 11.4 Å². The third-order valence-corrected chi connectivity index (χ3v) is 4.17. The third-order valence-electron chi connectivity index (χ3n) is 4.17. The van der Waals surface area contributed by atoms with Crippen LogP contribution in [0.1, 0.15) is 38.5 Å². The summed E-state index contributed by atoms with van der Waals surface area (Å²) in [5.74, 6) is -0.671. The number of hydrogen-bond donors (Lipinski definition) is 2. The molecule has 0 saturated heterocycles. The number of aromatic amines is 1. The van der Waals surface area contributed by atoms with Gasteiger partial charge in [0.2, 0.25) is 11.6 Å². The number of nitrogens with zero attached hydrogens (tertiary/aromatic N) is 3. The summed E-state index contributed by atoms with van der Waals surface area (Å²) >= 11 is 0. The molecule has 0 saturated carbocycles. The molecule has 3 rings (SSSR count). The fourth-order valence-corrected chi connectivity index (χ4v) is 2.93. The molecule has 1 aliphatic carbocycles. The molecular weight excluding hydrogens is 312 g/mol. The summed E-state index contributed by atoms with van der Waals surface area (Å²) in [7, 11) is 1.86. The summed E-state index contributed by atoms with van der Waals surface area (Å²) in [6, 6.07) is 6.57. The summed E-state index contributed by atoms with van der Waals surface area (Å²) in [4.78, 5) is 39.2. The van der Waals surface area contributed by atoms with Crippen LogP contribution in [-0.2, 0) is 6.54 Å². The highest BCUT2D eigenvalue weighted by atomic mass is 16.3. The van der Waals surface area contributed by atoms with Crippen LogP contribution in [0.15, 0.2) is 24.3 Å². The second kappa shape index (κ2) is 6.50. The molecule has 1 aromatic heterocycles. The lowest BCUT2D eigenvalue weighted by Crippen LogP contribution is -2.33. The highest BCUT2D eigenvalue weighted by Gasteiger charge is 2.38. The Morgan fingerprint density at radius 3 is 2.50 bits per heavy atom. The predicted molar refractivity (Wildman–Crippen MR) is 84.7 cm³/mol. The molecule has 8 heteroatoms. The Kier molecular flexibility index (Phi) is 4.41. The molecule has 1 heterocycles. The van der Waals surface area contributed by atoms with Crippen molar-refractivity contribution in [2.24, 2.45) is 0 Å². The van der Waals surface area contributed by atoms with Crippen molar-refractivity contribution < 1.29 is 19.4 Å². The maximum Gasteiger partial charge on any atom is 0.258 e. The van der Waals surface area contributed by atoms with Gasteiger partial charge in [-0.25, -0.2) is 0 Å². The van der Waals surface area contributed by atoms with Crippen LogP contribution in [0.4, 0.5) is 0 Å². The molecule has 0 fully saturated rings. The first-order valence-corrected chi connectivity index (χ1v) is 7.78. The summed E-state index contributed by atoms with van der Waals surface area (Å²) in [6.07, 6.45) is 0.608. The van der Waals surface area contributed by atoms with Crippen LogP contribution < -0.4 is 4.66 Å². The Bertz CT molecular complexity index is 852. The van der Waals surface area contributed by atoms with Crippen LogP contribution in [0.3, 0.4) is 0 Å². The number of aliphatic hydroxyl groups excluding tert-OH is 1. The van der Waals surface area contributed by atoms with Crippen LogP contribution in [0.2, 0.25) is 0 Å². The molecule has 0 unspecified atom stereocenters. The number of hydrogen-bond acceptors (Lipinski definition) is 5. The smallest absolute Gasteiger partial charge is 0.258 e. The van der Waals surface area contributed by atoms with Crippen molar-refractivity contribution in [2.45, 2.75) is 13.0 Å². The fourth-order valence-electron chi connectivity index (χ4n) is 2.93. The number of H-pyrrole nitrogens is 1. The van der Waals surface area contributed by atoms with E-state index in [1.165, 1.54) is 4.68 Å². The normalized spacial score (nSPS) is 13.3. The van der Waals surface area contributed by atoms with Crippen molar-refractivity contribution in [1.29, 1.82) is 0 Å². The van der Waals surface area contributed by atoms with E-state index >= 15 is 0 Å². The minimum atomic E-state index is -0.346. The Morgan fingerprint density at radius 2 is 1.83 bits per heavy atom. The summed E-state index contributed by atoms with van der Waals surface area (Å²) < 4.78 is 1.71. The van der Waals surface area contributed by atoms with Crippen LogP contribution in [0, 0.1) is 4.91 Å². The number of nitrogens with one attached hydrogen (secondary N) is 1. The molecule has 0 aliphatic heterocycles. The van der Waals surface area contributed by atoms with Crippen LogP contribution in [-0.4, -0.2) is 58.1 Å². The number of aliphatic hydroxyl groups is 1. The van der Waals surface area contributed by atoms with Gasteiger partial charge in [-0.15, -0.1) is 0 Å². The maximum absolute atomic E-state index is 12.7. The number of fused-ring (bicyclic) bond motifs is 2. The van der Waals surface area contributed by atoms with Gasteiger partial charge in [-0.1, -0.05) is 34.0 Å². The molecule has 1 aromatic carbocycles. The molecule has 0 spiro atoms. The minimum Gasteiger partial charge on any atom is -0.395 e. The lowest BCUT2D eigenvalue weighted by atomic mass is 9.90. The van der Waals surface area contributed by atoms with E-state index in [0.29, 0.717) is 41.8 Å². The van der Waals surface area contributed by atoms with Crippen molar-refractivity contribution in [1.82, 2.24) is 14.7 Å². The van der Waals surface area contributed by atoms with Gasteiger partial charge in [0.1, 0.15) is 0 Å². The summed E-state index contributed by atoms with van der Waals surface area (Å²) in [5, 5.41) is 11.3. The third kappa shape index (κ3) is 2.70. The van der Waals surface area contributed by atoms with E-state index in [9.17, 15) is 14.5 Å². The number of likely N-dealkylation sites (N-methyl/N-ethyl adjacent to an activating group) is 1. The van der Waals surface area contributed by atoms with Crippen molar-refractivity contribution in [2.75, 3.05) is 26.7 Å². The lowest BCUT2D eigenvalue weighted by molar-refractivity contribution is -0.652. The number of carbonyl (C=O) groups is 2. The molecule has 0 radical (unpaired) electrons. The van der Waals surface area contributed by atoms with Gasteiger partial charge < -0.3 is 10.0 Å².